The highest BCUT2D eigenvalue weighted by Gasteiger charge is 2.37. The summed E-state index contributed by atoms with van der Waals surface area (Å²) in [4.78, 5) is 0. The fourth-order valence-electron chi connectivity index (χ4n) is 2.30. The Hall–Kier alpha value is 0.210. The molecule has 2 nitrogen and oxygen atoms in total. The summed E-state index contributed by atoms with van der Waals surface area (Å²) in [5.41, 5.74) is 0. The average molecular weight is 235 g/mol. The standard InChI is InChI=1S/C12H25ClNO/c1-3-5-7-14(8-6-4-2)10-12(9-13)15-11-14/h12H,3-11H2,1-2H3/q+1. The zero-order valence-corrected chi connectivity index (χ0v) is 10.9. The minimum Gasteiger partial charge on any atom is -0.321 e. The molecule has 1 heterocycles. The van der Waals surface area contributed by atoms with Crippen molar-refractivity contribution < 1.29 is 9.22 Å². The summed E-state index contributed by atoms with van der Waals surface area (Å²) >= 11 is 5.87. The lowest BCUT2D eigenvalue weighted by atomic mass is 10.2. The maximum Gasteiger partial charge on any atom is 0.183 e. The third-order valence-electron chi connectivity index (χ3n) is 3.32. The Labute approximate surface area is 99.1 Å². The summed E-state index contributed by atoms with van der Waals surface area (Å²) in [6, 6.07) is 0. The highest BCUT2D eigenvalue weighted by atomic mass is 35.5. The summed E-state index contributed by atoms with van der Waals surface area (Å²) in [6.07, 6.45) is 5.46. The Balaban J connectivity index is 2.45. The van der Waals surface area contributed by atoms with Crippen LogP contribution in [0.4, 0.5) is 0 Å². The second kappa shape index (κ2) is 6.72. The predicted molar refractivity (Wildman–Crippen MR) is 65.1 cm³/mol. The Morgan fingerprint density at radius 2 is 1.80 bits per heavy atom. The highest BCUT2D eigenvalue weighted by molar-refractivity contribution is 6.18. The molecule has 1 rings (SSSR count). The molecule has 0 amide bonds. The minimum absolute atomic E-state index is 0.292. The van der Waals surface area contributed by atoms with Gasteiger partial charge in [0, 0.05) is 0 Å². The number of ether oxygens (including phenoxy) is 1. The van der Waals surface area contributed by atoms with Crippen molar-refractivity contribution in [3.63, 3.8) is 0 Å². The average Bonchev–Trinajstić information content (AvgIpc) is 2.68. The molecule has 1 fully saturated rings. The Kier molecular flexibility index (Phi) is 5.95. The van der Waals surface area contributed by atoms with Gasteiger partial charge in [0.1, 0.15) is 12.6 Å². The minimum atomic E-state index is 0.292. The van der Waals surface area contributed by atoms with Crippen LogP contribution in [0.5, 0.6) is 0 Å². The fourth-order valence-corrected chi connectivity index (χ4v) is 2.49. The van der Waals surface area contributed by atoms with Crippen LogP contribution in [0.15, 0.2) is 0 Å². The van der Waals surface area contributed by atoms with Gasteiger partial charge < -0.3 is 4.74 Å². The quantitative estimate of drug-likeness (QED) is 0.486. The van der Waals surface area contributed by atoms with Crippen molar-refractivity contribution in [2.75, 3.05) is 32.2 Å². The molecule has 1 atom stereocenters. The van der Waals surface area contributed by atoms with Gasteiger partial charge in [-0.05, 0) is 12.8 Å². The molecule has 0 aromatic heterocycles. The zero-order valence-electron chi connectivity index (χ0n) is 10.2. The SMILES string of the molecule is CCCC[N+]1(CCCC)COC(CCl)C1. The monoisotopic (exact) mass is 234 g/mol. The molecule has 15 heavy (non-hydrogen) atoms. The van der Waals surface area contributed by atoms with E-state index in [1.54, 1.807) is 0 Å². The van der Waals surface area contributed by atoms with Crippen molar-refractivity contribution >= 4 is 11.6 Å². The van der Waals surface area contributed by atoms with E-state index < -0.39 is 0 Å². The van der Waals surface area contributed by atoms with Gasteiger partial charge in [0.05, 0.1) is 19.0 Å². The van der Waals surface area contributed by atoms with Crippen LogP contribution in [0.1, 0.15) is 39.5 Å². The smallest absolute Gasteiger partial charge is 0.183 e. The van der Waals surface area contributed by atoms with Crippen molar-refractivity contribution in [3.8, 4) is 0 Å². The van der Waals surface area contributed by atoms with Gasteiger partial charge in [0.25, 0.3) is 0 Å². The van der Waals surface area contributed by atoms with Crippen LogP contribution in [0, 0.1) is 0 Å². The molecule has 0 N–H and O–H groups in total. The van der Waals surface area contributed by atoms with Crippen LogP contribution in [0.25, 0.3) is 0 Å². The lowest BCUT2D eigenvalue weighted by Gasteiger charge is -2.32. The van der Waals surface area contributed by atoms with Gasteiger partial charge in [-0.1, -0.05) is 26.7 Å². The summed E-state index contributed by atoms with van der Waals surface area (Å²) in [5.74, 6) is 0.651. The van der Waals surface area contributed by atoms with E-state index in [0.717, 1.165) is 17.8 Å². The molecular formula is C12H25ClNO+. The fraction of sp³-hybridized carbons (Fsp3) is 1.00. The van der Waals surface area contributed by atoms with Crippen LogP contribution >= 0.6 is 11.6 Å². The lowest BCUT2D eigenvalue weighted by Crippen LogP contribution is -2.48. The van der Waals surface area contributed by atoms with Crippen LogP contribution < -0.4 is 0 Å². The summed E-state index contributed by atoms with van der Waals surface area (Å²) in [5, 5.41) is 0. The number of unbranched alkanes of at least 4 members (excludes halogenated alkanes) is 2. The molecule has 3 heteroatoms. The summed E-state index contributed by atoms with van der Waals surface area (Å²) in [6.45, 7) is 9.06. The first kappa shape index (κ1) is 13.3. The number of hydrogen-bond acceptors (Lipinski definition) is 1. The molecule has 1 aliphatic rings. The van der Waals surface area contributed by atoms with Gasteiger partial charge in [0.15, 0.2) is 6.73 Å². The van der Waals surface area contributed by atoms with Crippen molar-refractivity contribution in [2.45, 2.75) is 45.6 Å². The molecule has 0 aromatic carbocycles. The van der Waals surface area contributed by atoms with Gasteiger partial charge in [-0.2, -0.15) is 0 Å². The first-order valence-corrected chi connectivity index (χ1v) is 6.82. The van der Waals surface area contributed by atoms with E-state index in [-0.39, 0.29) is 0 Å². The van der Waals surface area contributed by atoms with E-state index in [2.05, 4.69) is 13.8 Å². The van der Waals surface area contributed by atoms with Gasteiger partial charge in [-0.15, -0.1) is 11.6 Å². The molecule has 0 bridgehead atoms. The largest absolute Gasteiger partial charge is 0.321 e. The predicted octanol–water partition coefficient (Wildman–Crippen LogP) is 3.00. The normalized spacial score (nSPS) is 24.6. The van der Waals surface area contributed by atoms with Gasteiger partial charge in [-0.3, -0.25) is 4.48 Å². The molecule has 0 saturated carbocycles. The van der Waals surface area contributed by atoms with Crippen molar-refractivity contribution in [1.29, 1.82) is 0 Å². The van der Waals surface area contributed by atoms with Crippen molar-refractivity contribution in [1.82, 2.24) is 0 Å². The number of hydrogen-bond donors (Lipinski definition) is 0. The molecular weight excluding hydrogens is 210 g/mol. The molecule has 0 spiro atoms. The maximum atomic E-state index is 5.87. The van der Waals surface area contributed by atoms with Gasteiger partial charge >= 0.3 is 0 Å². The number of nitrogens with zero attached hydrogens (tertiary/aromatic N) is 1. The number of quaternary nitrogens is 1. The molecule has 1 saturated heterocycles. The zero-order chi connectivity index (χ0) is 11.1. The summed E-state index contributed by atoms with van der Waals surface area (Å²) in [7, 11) is 0. The Bertz CT molecular complexity index is 167. The van der Waals surface area contributed by atoms with Crippen LogP contribution in [0.2, 0.25) is 0 Å². The van der Waals surface area contributed by atoms with Crippen molar-refractivity contribution in [2.24, 2.45) is 0 Å². The van der Waals surface area contributed by atoms with E-state index in [0.29, 0.717) is 12.0 Å². The Morgan fingerprint density at radius 1 is 1.20 bits per heavy atom. The van der Waals surface area contributed by atoms with Crippen LogP contribution in [0.3, 0.4) is 0 Å². The van der Waals surface area contributed by atoms with E-state index in [1.807, 2.05) is 0 Å². The molecule has 90 valence electrons. The number of alkyl halides is 1. The van der Waals surface area contributed by atoms with Gasteiger partial charge in [0.2, 0.25) is 0 Å². The van der Waals surface area contributed by atoms with E-state index >= 15 is 0 Å². The van der Waals surface area contributed by atoms with E-state index in [4.69, 9.17) is 16.3 Å². The third kappa shape index (κ3) is 3.93. The molecule has 1 unspecified atom stereocenters. The third-order valence-corrected chi connectivity index (χ3v) is 3.66. The van der Waals surface area contributed by atoms with E-state index in [1.165, 1.54) is 38.8 Å². The number of rotatable bonds is 7. The second-order valence-electron chi connectivity index (χ2n) is 4.75. The lowest BCUT2D eigenvalue weighted by molar-refractivity contribution is -0.926. The molecule has 0 aromatic rings. The number of halogens is 1. The maximum absolute atomic E-state index is 5.87. The molecule has 1 aliphatic heterocycles. The second-order valence-corrected chi connectivity index (χ2v) is 5.06. The molecule has 0 radical (unpaired) electrons. The topological polar surface area (TPSA) is 9.23 Å². The van der Waals surface area contributed by atoms with Gasteiger partial charge in [-0.25, -0.2) is 0 Å². The highest BCUT2D eigenvalue weighted by Crippen LogP contribution is 2.22. The van der Waals surface area contributed by atoms with Crippen LogP contribution in [-0.4, -0.2) is 42.8 Å². The first-order valence-electron chi connectivity index (χ1n) is 6.29. The molecule has 0 aliphatic carbocycles. The summed E-state index contributed by atoms with van der Waals surface area (Å²) < 4.78 is 6.90. The van der Waals surface area contributed by atoms with Crippen molar-refractivity contribution in [3.05, 3.63) is 0 Å². The van der Waals surface area contributed by atoms with Crippen LogP contribution in [-0.2, 0) is 4.74 Å². The van der Waals surface area contributed by atoms with E-state index in [9.17, 15) is 0 Å². The Morgan fingerprint density at radius 3 is 2.20 bits per heavy atom. The first-order chi connectivity index (χ1) is 7.26.